The molecule has 0 bridgehead atoms. The lowest BCUT2D eigenvalue weighted by Crippen LogP contribution is -2.08. The van der Waals surface area contributed by atoms with Crippen LogP contribution in [0, 0.1) is 13.8 Å². The van der Waals surface area contributed by atoms with Gasteiger partial charge in [0.1, 0.15) is 0 Å². The largest absolute Gasteiger partial charge is 0.376 e. The normalized spacial score (nSPS) is 12.5. The number of aromatic nitrogens is 2. The van der Waals surface area contributed by atoms with Crippen molar-refractivity contribution in [1.29, 1.82) is 0 Å². The van der Waals surface area contributed by atoms with Crippen LogP contribution in [-0.4, -0.2) is 9.78 Å². The first kappa shape index (κ1) is 13.0. The standard InChI is InChI=1S/C14H18ClN3/c1-9(12-6-5-7-13(15)8-12)16-14-10(2)17-18(4)11(14)3/h5-9,16H,1-4H3. The minimum atomic E-state index is 0.199. The maximum atomic E-state index is 6.01. The highest BCUT2D eigenvalue weighted by Crippen LogP contribution is 2.25. The summed E-state index contributed by atoms with van der Waals surface area (Å²) in [5, 5.41) is 8.67. The van der Waals surface area contributed by atoms with Gasteiger partial charge in [0.2, 0.25) is 0 Å². The van der Waals surface area contributed by atoms with Crippen LogP contribution in [0.5, 0.6) is 0 Å². The molecule has 0 saturated heterocycles. The predicted molar refractivity (Wildman–Crippen MR) is 76.2 cm³/mol. The van der Waals surface area contributed by atoms with Crippen LogP contribution in [0.2, 0.25) is 5.02 Å². The minimum absolute atomic E-state index is 0.199. The van der Waals surface area contributed by atoms with E-state index in [0.717, 1.165) is 22.1 Å². The van der Waals surface area contributed by atoms with Gasteiger partial charge in [0.15, 0.2) is 0 Å². The predicted octanol–water partition coefficient (Wildman–Crippen LogP) is 3.86. The van der Waals surface area contributed by atoms with E-state index in [1.54, 1.807) is 0 Å². The first-order chi connectivity index (χ1) is 8.49. The Morgan fingerprint density at radius 3 is 2.61 bits per heavy atom. The second-order valence-electron chi connectivity index (χ2n) is 4.59. The van der Waals surface area contributed by atoms with Crippen LogP contribution in [0.4, 0.5) is 5.69 Å². The van der Waals surface area contributed by atoms with Gasteiger partial charge in [-0.15, -0.1) is 0 Å². The first-order valence-corrected chi connectivity index (χ1v) is 6.39. The van der Waals surface area contributed by atoms with Gasteiger partial charge in [0.05, 0.1) is 17.1 Å². The van der Waals surface area contributed by atoms with E-state index >= 15 is 0 Å². The minimum Gasteiger partial charge on any atom is -0.376 e. The van der Waals surface area contributed by atoms with Gasteiger partial charge < -0.3 is 5.32 Å². The highest BCUT2D eigenvalue weighted by atomic mass is 35.5. The fourth-order valence-electron chi connectivity index (χ4n) is 2.06. The maximum absolute atomic E-state index is 6.01. The Labute approximate surface area is 113 Å². The van der Waals surface area contributed by atoms with Crippen molar-refractivity contribution < 1.29 is 0 Å². The number of rotatable bonds is 3. The van der Waals surface area contributed by atoms with Gasteiger partial charge in [-0.05, 0) is 38.5 Å². The zero-order valence-electron chi connectivity index (χ0n) is 11.2. The van der Waals surface area contributed by atoms with Gasteiger partial charge in [-0.2, -0.15) is 5.10 Å². The summed E-state index contributed by atoms with van der Waals surface area (Å²) in [5.41, 5.74) is 4.43. The summed E-state index contributed by atoms with van der Waals surface area (Å²) in [6, 6.07) is 8.12. The quantitative estimate of drug-likeness (QED) is 0.911. The molecule has 2 aromatic rings. The Morgan fingerprint density at radius 2 is 2.06 bits per heavy atom. The third kappa shape index (κ3) is 2.51. The lowest BCUT2D eigenvalue weighted by atomic mass is 10.1. The van der Waals surface area contributed by atoms with Crippen molar-refractivity contribution in [2.45, 2.75) is 26.8 Å². The number of hydrogen-bond acceptors (Lipinski definition) is 2. The van der Waals surface area contributed by atoms with Gasteiger partial charge >= 0.3 is 0 Å². The van der Waals surface area contributed by atoms with Gasteiger partial charge in [-0.1, -0.05) is 23.7 Å². The molecule has 0 aliphatic rings. The number of aryl methyl sites for hydroxylation is 2. The van der Waals surface area contributed by atoms with Crippen LogP contribution in [-0.2, 0) is 7.05 Å². The molecule has 0 amide bonds. The van der Waals surface area contributed by atoms with E-state index in [1.165, 1.54) is 5.56 Å². The van der Waals surface area contributed by atoms with Crippen molar-refractivity contribution in [3.8, 4) is 0 Å². The van der Waals surface area contributed by atoms with Gasteiger partial charge in [0.25, 0.3) is 0 Å². The highest BCUT2D eigenvalue weighted by molar-refractivity contribution is 6.30. The van der Waals surface area contributed by atoms with E-state index in [4.69, 9.17) is 11.6 Å². The molecule has 0 spiro atoms. The molecule has 0 radical (unpaired) electrons. The highest BCUT2D eigenvalue weighted by Gasteiger charge is 2.13. The van der Waals surface area contributed by atoms with Crippen LogP contribution in [0.25, 0.3) is 0 Å². The molecule has 1 N–H and O–H groups in total. The fraction of sp³-hybridized carbons (Fsp3) is 0.357. The van der Waals surface area contributed by atoms with Crippen molar-refractivity contribution >= 4 is 17.3 Å². The molecule has 96 valence electrons. The van der Waals surface area contributed by atoms with E-state index in [2.05, 4.69) is 30.3 Å². The second-order valence-corrected chi connectivity index (χ2v) is 5.03. The first-order valence-electron chi connectivity index (χ1n) is 6.01. The molecule has 18 heavy (non-hydrogen) atoms. The molecular weight excluding hydrogens is 246 g/mol. The number of anilines is 1. The Bertz CT molecular complexity index is 560. The van der Waals surface area contributed by atoms with Crippen molar-refractivity contribution in [3.05, 3.63) is 46.2 Å². The summed E-state index contributed by atoms with van der Waals surface area (Å²) in [5.74, 6) is 0. The number of halogens is 1. The molecule has 1 aromatic carbocycles. The van der Waals surface area contributed by atoms with Crippen LogP contribution >= 0.6 is 11.6 Å². The molecule has 0 aliphatic carbocycles. The molecule has 2 rings (SSSR count). The monoisotopic (exact) mass is 263 g/mol. The number of benzene rings is 1. The summed E-state index contributed by atoms with van der Waals surface area (Å²) >= 11 is 6.01. The summed E-state index contributed by atoms with van der Waals surface area (Å²) in [7, 11) is 1.96. The molecule has 4 heteroatoms. The number of nitrogens with zero attached hydrogens (tertiary/aromatic N) is 2. The molecule has 1 aromatic heterocycles. The fourth-order valence-corrected chi connectivity index (χ4v) is 2.26. The van der Waals surface area contributed by atoms with Crippen molar-refractivity contribution in [1.82, 2.24) is 9.78 Å². The van der Waals surface area contributed by atoms with Crippen LogP contribution < -0.4 is 5.32 Å². The molecule has 3 nitrogen and oxygen atoms in total. The summed E-state index contributed by atoms with van der Waals surface area (Å²) in [6.45, 7) is 6.20. The van der Waals surface area contributed by atoms with Crippen molar-refractivity contribution in [3.63, 3.8) is 0 Å². The second kappa shape index (κ2) is 5.02. The molecule has 1 heterocycles. The van der Waals surface area contributed by atoms with E-state index < -0.39 is 0 Å². The van der Waals surface area contributed by atoms with Crippen LogP contribution in [0.15, 0.2) is 24.3 Å². The number of hydrogen-bond donors (Lipinski definition) is 1. The Balaban J connectivity index is 2.24. The Hall–Kier alpha value is -1.48. The van der Waals surface area contributed by atoms with Gasteiger partial charge in [-0.3, -0.25) is 4.68 Å². The molecule has 0 saturated carbocycles. The summed E-state index contributed by atoms with van der Waals surface area (Å²) < 4.78 is 1.89. The summed E-state index contributed by atoms with van der Waals surface area (Å²) in [6.07, 6.45) is 0. The van der Waals surface area contributed by atoms with Crippen molar-refractivity contribution in [2.75, 3.05) is 5.32 Å². The molecule has 1 unspecified atom stereocenters. The molecule has 0 fully saturated rings. The molecule has 0 aliphatic heterocycles. The maximum Gasteiger partial charge on any atom is 0.0828 e. The average molecular weight is 264 g/mol. The molecular formula is C14H18ClN3. The summed E-state index contributed by atoms with van der Waals surface area (Å²) in [4.78, 5) is 0. The topological polar surface area (TPSA) is 29.9 Å². The van der Waals surface area contributed by atoms with Crippen LogP contribution in [0.3, 0.4) is 0 Å². The zero-order valence-corrected chi connectivity index (χ0v) is 11.9. The van der Waals surface area contributed by atoms with E-state index in [0.29, 0.717) is 0 Å². The zero-order chi connectivity index (χ0) is 13.3. The van der Waals surface area contributed by atoms with Crippen LogP contribution in [0.1, 0.15) is 29.9 Å². The average Bonchev–Trinajstić information content (AvgIpc) is 2.56. The Morgan fingerprint density at radius 1 is 1.33 bits per heavy atom. The third-order valence-electron chi connectivity index (χ3n) is 3.22. The molecule has 1 atom stereocenters. The van der Waals surface area contributed by atoms with Gasteiger partial charge in [-0.25, -0.2) is 0 Å². The Kier molecular flexibility index (Phi) is 3.62. The van der Waals surface area contributed by atoms with E-state index in [9.17, 15) is 0 Å². The van der Waals surface area contributed by atoms with E-state index in [-0.39, 0.29) is 6.04 Å². The smallest absolute Gasteiger partial charge is 0.0828 e. The van der Waals surface area contributed by atoms with Gasteiger partial charge in [0, 0.05) is 18.1 Å². The van der Waals surface area contributed by atoms with Crippen molar-refractivity contribution in [2.24, 2.45) is 7.05 Å². The van der Waals surface area contributed by atoms with E-state index in [1.807, 2.05) is 36.9 Å². The lowest BCUT2D eigenvalue weighted by molar-refractivity contribution is 0.731. The number of nitrogens with one attached hydrogen (secondary N) is 1. The SMILES string of the molecule is Cc1nn(C)c(C)c1NC(C)c1cccc(Cl)c1. The lowest BCUT2D eigenvalue weighted by Gasteiger charge is -2.16. The third-order valence-corrected chi connectivity index (χ3v) is 3.45.